The highest BCUT2D eigenvalue weighted by Crippen LogP contribution is 2.36. The normalized spacial score (nSPS) is 13.9. The second kappa shape index (κ2) is 8.07. The quantitative estimate of drug-likeness (QED) is 0.689. The molecule has 3 rings (SSSR count). The fourth-order valence-corrected chi connectivity index (χ4v) is 3.98. The number of rotatable bonds is 8. The van der Waals surface area contributed by atoms with Crippen LogP contribution in [0.5, 0.6) is 17.2 Å². The predicted molar refractivity (Wildman–Crippen MR) is 100 cm³/mol. The molecule has 9 heteroatoms. The van der Waals surface area contributed by atoms with E-state index in [2.05, 4.69) is 4.72 Å². The summed E-state index contributed by atoms with van der Waals surface area (Å²) in [5.74, 6) is 0.348. The summed E-state index contributed by atoms with van der Waals surface area (Å²) >= 11 is 0. The molecule has 0 amide bonds. The van der Waals surface area contributed by atoms with E-state index < -0.39 is 22.1 Å². The molecule has 2 aromatic carbocycles. The fraction of sp³-hybridized carbons (Fsp3) is 0.316. The van der Waals surface area contributed by atoms with Gasteiger partial charge in [-0.15, -0.1) is 0 Å². The van der Waals surface area contributed by atoms with Crippen molar-refractivity contribution in [2.45, 2.75) is 31.3 Å². The predicted octanol–water partition coefficient (Wildman–Crippen LogP) is 2.10. The molecule has 0 saturated heterocycles. The first kappa shape index (κ1) is 20.0. The Morgan fingerprint density at radius 3 is 2.50 bits per heavy atom. The fourth-order valence-electron chi connectivity index (χ4n) is 2.71. The van der Waals surface area contributed by atoms with Crippen molar-refractivity contribution >= 4 is 16.0 Å². The third-order valence-electron chi connectivity index (χ3n) is 4.25. The number of carboxylic acids is 1. The Hall–Kier alpha value is -2.78. The molecule has 0 aromatic heterocycles. The number of carbonyl (C=O) groups is 1. The van der Waals surface area contributed by atoms with Crippen LogP contribution in [0.2, 0.25) is 0 Å². The van der Waals surface area contributed by atoms with Gasteiger partial charge in [0, 0.05) is 12.6 Å². The molecule has 1 heterocycles. The monoisotopic (exact) mass is 407 g/mol. The van der Waals surface area contributed by atoms with Crippen molar-refractivity contribution in [3.63, 3.8) is 0 Å². The summed E-state index contributed by atoms with van der Waals surface area (Å²) in [7, 11) is -3.69. The van der Waals surface area contributed by atoms with Gasteiger partial charge in [0.2, 0.25) is 16.8 Å². The Morgan fingerprint density at radius 1 is 1.21 bits per heavy atom. The van der Waals surface area contributed by atoms with Crippen molar-refractivity contribution in [1.29, 1.82) is 0 Å². The highest BCUT2D eigenvalue weighted by molar-refractivity contribution is 7.89. The van der Waals surface area contributed by atoms with Crippen LogP contribution >= 0.6 is 0 Å². The van der Waals surface area contributed by atoms with Crippen LogP contribution in [0, 0.1) is 6.92 Å². The second-order valence-corrected chi connectivity index (χ2v) is 8.10. The summed E-state index contributed by atoms with van der Waals surface area (Å²) in [5, 5.41) is 8.85. The lowest BCUT2D eigenvalue weighted by Crippen LogP contribution is -2.26. The Bertz CT molecular complexity index is 971. The summed E-state index contributed by atoms with van der Waals surface area (Å²) in [6.45, 7) is 3.44. The number of benzene rings is 2. The molecule has 0 radical (unpaired) electrons. The first-order valence-electron chi connectivity index (χ1n) is 8.64. The zero-order valence-corrected chi connectivity index (χ0v) is 16.3. The van der Waals surface area contributed by atoms with Crippen LogP contribution in [0.15, 0.2) is 41.3 Å². The minimum Gasteiger partial charge on any atom is -0.479 e. The van der Waals surface area contributed by atoms with Gasteiger partial charge in [0.1, 0.15) is 5.75 Å². The lowest BCUT2D eigenvalue weighted by molar-refractivity contribution is -0.144. The van der Waals surface area contributed by atoms with Crippen molar-refractivity contribution in [2.24, 2.45) is 0 Å². The first-order valence-corrected chi connectivity index (χ1v) is 10.1. The average molecular weight is 407 g/mol. The highest BCUT2D eigenvalue weighted by Gasteiger charge is 2.22. The van der Waals surface area contributed by atoms with E-state index in [0.29, 0.717) is 29.2 Å². The van der Waals surface area contributed by atoms with Crippen molar-refractivity contribution < 1.29 is 32.5 Å². The number of fused-ring (bicyclic) bond motifs is 1. The maximum atomic E-state index is 12.6. The van der Waals surface area contributed by atoms with Crippen LogP contribution in [-0.2, 0) is 21.2 Å². The smallest absolute Gasteiger partial charge is 0.344 e. The molecule has 28 heavy (non-hydrogen) atoms. The van der Waals surface area contributed by atoms with E-state index in [1.165, 1.54) is 13.0 Å². The Labute approximate surface area is 163 Å². The van der Waals surface area contributed by atoms with Gasteiger partial charge >= 0.3 is 5.97 Å². The maximum Gasteiger partial charge on any atom is 0.344 e. The van der Waals surface area contributed by atoms with Gasteiger partial charge in [0.15, 0.2) is 17.6 Å². The van der Waals surface area contributed by atoms with Crippen LogP contribution in [-0.4, -0.2) is 38.9 Å². The first-order chi connectivity index (χ1) is 13.3. The average Bonchev–Trinajstić information content (AvgIpc) is 3.09. The molecule has 0 saturated carbocycles. The summed E-state index contributed by atoms with van der Waals surface area (Å²) in [5.41, 5.74) is 1.46. The molecule has 0 bridgehead atoms. The van der Waals surface area contributed by atoms with Crippen molar-refractivity contribution in [3.8, 4) is 17.2 Å². The van der Waals surface area contributed by atoms with E-state index in [9.17, 15) is 13.2 Å². The molecule has 1 atom stereocenters. The number of hydrogen-bond donors (Lipinski definition) is 2. The lowest BCUT2D eigenvalue weighted by atomic mass is 10.1. The van der Waals surface area contributed by atoms with Gasteiger partial charge in [0.25, 0.3) is 0 Å². The molecule has 2 N–H and O–H groups in total. The molecule has 8 nitrogen and oxygen atoms in total. The summed E-state index contributed by atoms with van der Waals surface area (Å²) in [4.78, 5) is 11.0. The molecule has 1 aliphatic rings. The summed E-state index contributed by atoms with van der Waals surface area (Å²) in [6.07, 6.45) is -0.472. The van der Waals surface area contributed by atoms with Gasteiger partial charge in [-0.05, 0) is 49.6 Å². The molecule has 0 aliphatic carbocycles. The zero-order chi connectivity index (χ0) is 20.3. The van der Waals surface area contributed by atoms with Gasteiger partial charge in [-0.2, -0.15) is 0 Å². The topological polar surface area (TPSA) is 111 Å². The number of ether oxygens (including phenoxy) is 3. The van der Waals surface area contributed by atoms with Crippen molar-refractivity contribution in [1.82, 2.24) is 4.72 Å². The summed E-state index contributed by atoms with van der Waals surface area (Å²) in [6, 6.07) is 9.97. The maximum absolute atomic E-state index is 12.6. The largest absolute Gasteiger partial charge is 0.479 e. The number of aliphatic carboxylic acids is 1. The van der Waals surface area contributed by atoms with Crippen LogP contribution < -0.4 is 18.9 Å². The van der Waals surface area contributed by atoms with Crippen LogP contribution in [0.1, 0.15) is 18.1 Å². The Balaban J connectivity index is 1.59. The molecular weight excluding hydrogens is 386 g/mol. The lowest BCUT2D eigenvalue weighted by Gasteiger charge is -2.12. The van der Waals surface area contributed by atoms with Gasteiger partial charge in [-0.1, -0.05) is 12.1 Å². The third kappa shape index (κ3) is 4.55. The molecular formula is C19H21NO7S. The molecule has 1 unspecified atom stereocenters. The van der Waals surface area contributed by atoms with Crippen LogP contribution in [0.4, 0.5) is 0 Å². The summed E-state index contributed by atoms with van der Waals surface area (Å²) < 4.78 is 43.6. The molecule has 2 aromatic rings. The Kier molecular flexibility index (Phi) is 5.76. The Morgan fingerprint density at radius 2 is 1.86 bits per heavy atom. The molecule has 150 valence electrons. The third-order valence-corrected chi connectivity index (χ3v) is 5.85. The van der Waals surface area contributed by atoms with Crippen molar-refractivity contribution in [2.75, 3.05) is 13.3 Å². The standard InChI is InChI=1S/C19H21NO7S/c1-12-9-16-17(26-11-25-16)10-18(12)28(23,24)20-8-7-14-3-5-15(6-4-14)27-13(2)19(21)22/h3-6,9-10,13,20H,7-8,11H2,1-2H3,(H,21,22). The minimum atomic E-state index is -3.69. The van der Waals surface area contributed by atoms with Gasteiger partial charge in [0.05, 0.1) is 4.90 Å². The number of hydrogen-bond acceptors (Lipinski definition) is 6. The van der Waals surface area contributed by atoms with Gasteiger partial charge < -0.3 is 19.3 Å². The van der Waals surface area contributed by atoms with E-state index in [0.717, 1.165) is 5.56 Å². The van der Waals surface area contributed by atoms with E-state index in [1.807, 2.05) is 0 Å². The van der Waals surface area contributed by atoms with E-state index >= 15 is 0 Å². The molecule has 1 aliphatic heterocycles. The van der Waals surface area contributed by atoms with Gasteiger partial charge in [-0.25, -0.2) is 17.9 Å². The number of nitrogens with one attached hydrogen (secondary N) is 1. The minimum absolute atomic E-state index is 0.0800. The second-order valence-electron chi connectivity index (χ2n) is 6.36. The SMILES string of the molecule is Cc1cc2c(cc1S(=O)(=O)NCCc1ccc(OC(C)C(=O)O)cc1)OCO2. The zero-order valence-electron chi connectivity index (χ0n) is 15.5. The van der Waals surface area contributed by atoms with E-state index in [1.54, 1.807) is 37.3 Å². The molecule has 0 spiro atoms. The van der Waals surface area contributed by atoms with Crippen molar-refractivity contribution in [3.05, 3.63) is 47.5 Å². The van der Waals surface area contributed by atoms with Crippen LogP contribution in [0.3, 0.4) is 0 Å². The number of sulfonamides is 1. The number of carboxylic acid groups (broad SMARTS) is 1. The van der Waals surface area contributed by atoms with Gasteiger partial charge in [-0.3, -0.25) is 0 Å². The highest BCUT2D eigenvalue weighted by atomic mass is 32.2. The van der Waals surface area contributed by atoms with Crippen LogP contribution in [0.25, 0.3) is 0 Å². The molecule has 0 fully saturated rings. The van der Waals surface area contributed by atoms with E-state index in [4.69, 9.17) is 19.3 Å². The van der Waals surface area contributed by atoms with E-state index in [-0.39, 0.29) is 18.2 Å². The number of aryl methyl sites for hydroxylation is 1.